The summed E-state index contributed by atoms with van der Waals surface area (Å²) in [6.45, 7) is 1.67. The number of ketones is 1. The van der Waals surface area contributed by atoms with Gasteiger partial charge < -0.3 is 15.7 Å². The lowest BCUT2D eigenvalue weighted by Gasteiger charge is -2.29. The lowest BCUT2D eigenvalue weighted by atomic mass is 9.81. The molecular formula is C25H27FN6O2. The Balaban J connectivity index is 1.67. The van der Waals surface area contributed by atoms with Crippen LogP contribution in [0.1, 0.15) is 56.8 Å². The van der Waals surface area contributed by atoms with E-state index in [0.717, 1.165) is 23.4 Å². The fraction of sp³-hybridized carbons (Fsp3) is 0.360. The van der Waals surface area contributed by atoms with E-state index in [4.69, 9.17) is 4.99 Å². The summed E-state index contributed by atoms with van der Waals surface area (Å²) in [6.07, 6.45) is 2.05. The zero-order valence-electron chi connectivity index (χ0n) is 19.0. The first-order valence-electron chi connectivity index (χ1n) is 11.5. The molecule has 3 heterocycles. The number of aliphatic hydroxyl groups is 1. The summed E-state index contributed by atoms with van der Waals surface area (Å²) in [4.78, 5) is 22.0. The van der Waals surface area contributed by atoms with E-state index in [9.17, 15) is 14.3 Å². The summed E-state index contributed by atoms with van der Waals surface area (Å²) >= 11 is 0. The second kappa shape index (κ2) is 9.54. The Hall–Kier alpha value is -3.27. The van der Waals surface area contributed by atoms with Gasteiger partial charge in [0.1, 0.15) is 24.5 Å². The summed E-state index contributed by atoms with van der Waals surface area (Å²) in [5, 5.41) is 20.5. The third-order valence-electron chi connectivity index (χ3n) is 6.45. The summed E-state index contributed by atoms with van der Waals surface area (Å²) in [6, 6.07) is 10.9. The molecule has 2 atom stereocenters. The number of aryl methyl sites for hydroxylation is 1. The number of Topliss-reactive ketones (excluding diaryl/α,β-unsaturated/α-hetero) is 1. The molecule has 0 aliphatic carbocycles. The van der Waals surface area contributed by atoms with E-state index in [-0.39, 0.29) is 30.9 Å². The van der Waals surface area contributed by atoms with Crippen molar-refractivity contribution < 1.29 is 14.3 Å². The highest BCUT2D eigenvalue weighted by atomic mass is 19.1. The van der Waals surface area contributed by atoms with Gasteiger partial charge in [0.05, 0.1) is 11.6 Å². The molecule has 5 rings (SSSR count). The van der Waals surface area contributed by atoms with Crippen molar-refractivity contribution in [1.29, 1.82) is 0 Å². The van der Waals surface area contributed by atoms with Gasteiger partial charge in [0.25, 0.3) is 0 Å². The van der Waals surface area contributed by atoms with Crippen LogP contribution < -0.4 is 10.6 Å². The van der Waals surface area contributed by atoms with E-state index in [2.05, 4.69) is 45.0 Å². The molecule has 8 nitrogen and oxygen atoms in total. The molecular weight excluding hydrogens is 435 g/mol. The first kappa shape index (κ1) is 22.5. The number of aliphatic hydroxyl groups excluding tert-OH is 1. The zero-order chi connectivity index (χ0) is 23.7. The van der Waals surface area contributed by atoms with Crippen molar-refractivity contribution in [3.05, 3.63) is 82.2 Å². The SMILES string of the molecule is CNCc1ccc(C2NCc3cc(F)cc4c3C(=NCC4=O)C2c2ncnn2CCCO)cc1. The van der Waals surface area contributed by atoms with Crippen LogP contribution in [0.2, 0.25) is 0 Å². The summed E-state index contributed by atoms with van der Waals surface area (Å²) in [7, 11) is 1.91. The molecule has 2 aromatic carbocycles. The van der Waals surface area contributed by atoms with Gasteiger partial charge >= 0.3 is 0 Å². The quantitative estimate of drug-likeness (QED) is 0.497. The minimum atomic E-state index is -0.428. The molecule has 0 saturated heterocycles. The van der Waals surface area contributed by atoms with Gasteiger partial charge in [-0.05, 0) is 42.3 Å². The minimum Gasteiger partial charge on any atom is -0.396 e. The van der Waals surface area contributed by atoms with Gasteiger partial charge in [0.2, 0.25) is 0 Å². The molecule has 0 fully saturated rings. The predicted molar refractivity (Wildman–Crippen MR) is 125 cm³/mol. The van der Waals surface area contributed by atoms with Gasteiger partial charge in [0.15, 0.2) is 5.78 Å². The molecule has 3 aromatic rings. The molecule has 2 aliphatic rings. The number of benzene rings is 2. The molecule has 2 aliphatic heterocycles. The Labute approximate surface area is 196 Å². The topological polar surface area (TPSA) is 104 Å². The number of aliphatic imine (C=N–C) groups is 1. The third-order valence-corrected chi connectivity index (χ3v) is 6.45. The monoisotopic (exact) mass is 462 g/mol. The first-order chi connectivity index (χ1) is 16.6. The van der Waals surface area contributed by atoms with E-state index in [1.807, 2.05) is 7.05 Å². The van der Waals surface area contributed by atoms with Crippen LogP contribution in [0.25, 0.3) is 0 Å². The second-order valence-electron chi connectivity index (χ2n) is 8.64. The predicted octanol–water partition coefficient (Wildman–Crippen LogP) is 2.13. The highest BCUT2D eigenvalue weighted by Crippen LogP contribution is 2.40. The number of hydrogen-bond acceptors (Lipinski definition) is 7. The number of rotatable bonds is 7. The number of aromatic nitrogens is 3. The van der Waals surface area contributed by atoms with Crippen molar-refractivity contribution in [3.63, 3.8) is 0 Å². The standard InChI is InChI=1S/C25H27FN6O2/c1-27-11-15-3-5-16(6-4-15)23-22(25-30-14-31-32(25)7-2-8-33)24-21-17(12-28-23)9-18(26)10-19(21)20(34)13-29-24/h3-6,9-10,14,22-23,27-28,33H,2,7-8,11-13H2,1H3. The van der Waals surface area contributed by atoms with Crippen LogP contribution >= 0.6 is 0 Å². The molecule has 0 amide bonds. The van der Waals surface area contributed by atoms with E-state index >= 15 is 0 Å². The van der Waals surface area contributed by atoms with Crippen molar-refractivity contribution in [2.75, 3.05) is 20.2 Å². The van der Waals surface area contributed by atoms with Crippen LogP contribution in [0.15, 0.2) is 47.7 Å². The van der Waals surface area contributed by atoms with Crippen LogP contribution in [0.4, 0.5) is 4.39 Å². The van der Waals surface area contributed by atoms with Gasteiger partial charge in [-0.15, -0.1) is 0 Å². The zero-order valence-corrected chi connectivity index (χ0v) is 19.0. The van der Waals surface area contributed by atoms with Crippen molar-refractivity contribution in [1.82, 2.24) is 25.4 Å². The molecule has 9 heteroatoms. The second-order valence-corrected chi connectivity index (χ2v) is 8.64. The Kier molecular flexibility index (Phi) is 6.32. The van der Waals surface area contributed by atoms with Gasteiger partial charge in [-0.2, -0.15) is 5.10 Å². The molecule has 2 unspecified atom stereocenters. The number of nitrogens with zero attached hydrogens (tertiary/aromatic N) is 4. The van der Waals surface area contributed by atoms with Crippen LogP contribution in [0, 0.1) is 5.82 Å². The summed E-state index contributed by atoms with van der Waals surface area (Å²) < 4.78 is 16.2. The number of carbonyl (C=O) groups excluding carboxylic acids is 1. The van der Waals surface area contributed by atoms with E-state index in [1.54, 1.807) is 4.68 Å². The molecule has 0 radical (unpaired) electrons. The van der Waals surface area contributed by atoms with E-state index < -0.39 is 5.82 Å². The lowest BCUT2D eigenvalue weighted by molar-refractivity contribution is 0.0999. The van der Waals surface area contributed by atoms with Crippen LogP contribution in [-0.4, -0.2) is 51.6 Å². The molecule has 0 saturated carbocycles. The van der Waals surface area contributed by atoms with E-state index in [1.165, 1.54) is 18.5 Å². The average Bonchev–Trinajstić information content (AvgIpc) is 3.23. The molecule has 3 N–H and O–H groups in total. The Morgan fingerprint density at radius 1 is 1.26 bits per heavy atom. The smallest absolute Gasteiger partial charge is 0.184 e. The van der Waals surface area contributed by atoms with Crippen LogP contribution in [0.5, 0.6) is 0 Å². The summed E-state index contributed by atoms with van der Waals surface area (Å²) in [5.74, 6) is -0.270. The van der Waals surface area contributed by atoms with E-state index in [0.29, 0.717) is 42.0 Å². The Morgan fingerprint density at radius 3 is 2.85 bits per heavy atom. The van der Waals surface area contributed by atoms with Gasteiger partial charge in [-0.3, -0.25) is 9.79 Å². The van der Waals surface area contributed by atoms with Crippen LogP contribution in [-0.2, 0) is 19.6 Å². The summed E-state index contributed by atoms with van der Waals surface area (Å²) in [5.41, 5.74) is 4.70. The van der Waals surface area contributed by atoms with Crippen molar-refractivity contribution >= 4 is 11.5 Å². The first-order valence-corrected chi connectivity index (χ1v) is 11.5. The minimum absolute atomic E-state index is 0.0274. The fourth-order valence-corrected chi connectivity index (χ4v) is 4.93. The molecule has 176 valence electrons. The molecule has 0 bridgehead atoms. The van der Waals surface area contributed by atoms with Crippen LogP contribution in [0.3, 0.4) is 0 Å². The highest BCUT2D eigenvalue weighted by molar-refractivity contribution is 6.18. The van der Waals surface area contributed by atoms with Gasteiger partial charge in [-0.1, -0.05) is 24.3 Å². The van der Waals surface area contributed by atoms with Crippen molar-refractivity contribution in [2.45, 2.75) is 38.0 Å². The third kappa shape index (κ3) is 4.06. The number of halogens is 1. The molecule has 34 heavy (non-hydrogen) atoms. The number of hydrogen-bond donors (Lipinski definition) is 3. The van der Waals surface area contributed by atoms with Crippen molar-refractivity contribution in [2.24, 2.45) is 4.99 Å². The Bertz CT molecular complexity index is 1240. The highest BCUT2D eigenvalue weighted by Gasteiger charge is 2.40. The molecule has 0 spiro atoms. The van der Waals surface area contributed by atoms with Gasteiger partial charge in [-0.25, -0.2) is 14.1 Å². The maximum atomic E-state index is 14.4. The average molecular weight is 463 g/mol. The lowest BCUT2D eigenvalue weighted by Crippen LogP contribution is -2.33. The maximum absolute atomic E-state index is 14.4. The largest absolute Gasteiger partial charge is 0.396 e. The van der Waals surface area contributed by atoms with Crippen molar-refractivity contribution in [3.8, 4) is 0 Å². The number of nitrogens with one attached hydrogen (secondary N) is 2. The Morgan fingerprint density at radius 2 is 2.09 bits per heavy atom. The van der Waals surface area contributed by atoms with Gasteiger partial charge in [0, 0.05) is 43.4 Å². The number of carbonyl (C=O) groups is 1. The maximum Gasteiger partial charge on any atom is 0.184 e. The fourth-order valence-electron chi connectivity index (χ4n) is 4.93. The normalized spacial score (nSPS) is 19.5. The molecule has 1 aromatic heterocycles.